The lowest BCUT2D eigenvalue weighted by Crippen LogP contribution is -2.38. The SMILES string of the molecule is C1=CC2C3=CCC=CC(N(C4=CC5C(C=C4)C4CCC=CC4N5c4ccccc4)c4ccc(-c5ccccc5)cc4)=C3C3=c4ccccc4=CC(=C1)C32. The number of rotatable bonds is 5. The van der Waals surface area contributed by atoms with Crippen LogP contribution in [-0.2, 0) is 0 Å². The van der Waals surface area contributed by atoms with Gasteiger partial charge in [0.05, 0.1) is 17.8 Å². The molecule has 7 aliphatic rings. The highest BCUT2D eigenvalue weighted by Gasteiger charge is 2.48. The Morgan fingerprint density at radius 2 is 1.49 bits per heavy atom. The normalized spacial score (nSPS) is 27.1. The van der Waals surface area contributed by atoms with Gasteiger partial charge in [0, 0.05) is 40.4 Å². The summed E-state index contributed by atoms with van der Waals surface area (Å²) in [5.74, 6) is 1.74. The number of para-hydroxylation sites is 1. The monoisotopic (exact) mass is 682 g/mol. The number of nitrogens with zero attached hydrogens (tertiary/aromatic N) is 2. The van der Waals surface area contributed by atoms with Crippen molar-refractivity contribution in [3.05, 3.63) is 215 Å². The summed E-state index contributed by atoms with van der Waals surface area (Å²) < 4.78 is 0. The first kappa shape index (κ1) is 30.7. The Balaban J connectivity index is 1.14. The zero-order valence-electron chi connectivity index (χ0n) is 29.8. The van der Waals surface area contributed by atoms with Crippen LogP contribution >= 0.6 is 0 Å². The van der Waals surface area contributed by atoms with E-state index in [4.69, 9.17) is 0 Å². The van der Waals surface area contributed by atoms with Gasteiger partial charge < -0.3 is 9.80 Å². The molecule has 1 saturated heterocycles. The first-order valence-corrected chi connectivity index (χ1v) is 19.5. The van der Waals surface area contributed by atoms with E-state index in [1.165, 1.54) is 73.0 Å². The minimum atomic E-state index is 0.262. The van der Waals surface area contributed by atoms with Crippen LogP contribution in [0.5, 0.6) is 0 Å². The Morgan fingerprint density at radius 1 is 0.698 bits per heavy atom. The van der Waals surface area contributed by atoms with E-state index in [-0.39, 0.29) is 6.04 Å². The third-order valence-electron chi connectivity index (χ3n) is 12.7. The molecule has 0 N–H and O–H groups in total. The number of allylic oxidation sites excluding steroid dienone is 11. The lowest BCUT2D eigenvalue weighted by molar-refractivity contribution is 0.399. The van der Waals surface area contributed by atoms with Gasteiger partial charge in [-0.1, -0.05) is 140 Å². The fraction of sp³-hybridized carbons (Fsp3) is 0.176. The smallest absolute Gasteiger partial charge is 0.0568 e. The molecule has 53 heavy (non-hydrogen) atoms. The third-order valence-corrected chi connectivity index (χ3v) is 12.7. The highest BCUT2D eigenvalue weighted by Crippen LogP contribution is 2.55. The maximum absolute atomic E-state index is 2.71. The second-order valence-electron chi connectivity index (χ2n) is 15.4. The molecule has 0 amide bonds. The van der Waals surface area contributed by atoms with Gasteiger partial charge in [0.2, 0.25) is 0 Å². The number of hydrogen-bond donors (Lipinski definition) is 0. The van der Waals surface area contributed by atoms with Crippen molar-refractivity contribution in [1.82, 2.24) is 0 Å². The molecule has 2 heteroatoms. The minimum Gasteiger partial charge on any atom is -0.358 e. The van der Waals surface area contributed by atoms with Gasteiger partial charge in [0.15, 0.2) is 0 Å². The lowest BCUT2D eigenvalue weighted by Gasteiger charge is -2.36. The predicted octanol–water partition coefficient (Wildman–Crippen LogP) is 9.98. The molecule has 6 atom stereocenters. The summed E-state index contributed by atoms with van der Waals surface area (Å²) in [7, 11) is 0. The summed E-state index contributed by atoms with van der Waals surface area (Å²) in [4.78, 5) is 5.30. The van der Waals surface area contributed by atoms with E-state index in [2.05, 4.69) is 192 Å². The molecule has 1 aliphatic heterocycles. The van der Waals surface area contributed by atoms with Crippen LogP contribution in [0.15, 0.2) is 204 Å². The molecule has 2 nitrogen and oxygen atoms in total. The van der Waals surface area contributed by atoms with Crippen LogP contribution in [0.3, 0.4) is 0 Å². The van der Waals surface area contributed by atoms with Gasteiger partial charge in [-0.15, -0.1) is 0 Å². The predicted molar refractivity (Wildman–Crippen MR) is 220 cm³/mol. The number of anilines is 2. The second kappa shape index (κ2) is 12.4. The molecule has 6 unspecified atom stereocenters. The molecule has 256 valence electrons. The Hall–Kier alpha value is -5.86. The van der Waals surface area contributed by atoms with Crippen molar-refractivity contribution in [1.29, 1.82) is 0 Å². The van der Waals surface area contributed by atoms with Crippen LogP contribution in [0.2, 0.25) is 0 Å². The van der Waals surface area contributed by atoms with Crippen molar-refractivity contribution < 1.29 is 0 Å². The molecular weight excluding hydrogens is 641 g/mol. The Morgan fingerprint density at radius 3 is 2.36 bits per heavy atom. The molecule has 1 saturated carbocycles. The topological polar surface area (TPSA) is 6.48 Å². The van der Waals surface area contributed by atoms with E-state index in [0.717, 1.165) is 12.8 Å². The number of fused-ring (bicyclic) bond motifs is 7. The molecule has 4 aromatic rings. The summed E-state index contributed by atoms with van der Waals surface area (Å²) in [6, 6.07) is 40.9. The second-order valence-corrected chi connectivity index (χ2v) is 15.4. The third kappa shape index (κ3) is 4.85. The highest BCUT2D eigenvalue weighted by molar-refractivity contribution is 5.90. The van der Waals surface area contributed by atoms with Crippen LogP contribution in [-0.4, -0.2) is 12.1 Å². The zero-order chi connectivity index (χ0) is 34.9. The molecule has 0 spiro atoms. The van der Waals surface area contributed by atoms with E-state index in [1.54, 1.807) is 0 Å². The van der Waals surface area contributed by atoms with Gasteiger partial charge in [-0.25, -0.2) is 0 Å². The quantitative estimate of drug-likeness (QED) is 0.194. The standard InChI is InChI=1S/C51H42N2/c1-3-14-34(15-4-1)35-26-28-39(29-27-35)52(40-30-31-43-42-21-9-11-24-46(42)53(48(43)33-40)38-18-5-2-6-19-38)47-25-12-10-22-45-44-23-13-17-37-32-36-16-7-8-20-41(36)51(49(37)44)50(45)47/h1-8,11-20,22-33,42-44,46,48-49H,9-10,21H2. The fourth-order valence-corrected chi connectivity index (χ4v) is 10.5. The first-order valence-electron chi connectivity index (χ1n) is 19.5. The average molecular weight is 683 g/mol. The van der Waals surface area contributed by atoms with Crippen molar-refractivity contribution in [2.24, 2.45) is 23.7 Å². The Bertz CT molecular complexity index is 2500. The molecule has 11 rings (SSSR count). The van der Waals surface area contributed by atoms with E-state index in [1.807, 2.05) is 0 Å². The van der Waals surface area contributed by atoms with E-state index in [9.17, 15) is 0 Å². The molecule has 0 radical (unpaired) electrons. The summed E-state index contributed by atoms with van der Waals surface area (Å²) in [6.07, 6.45) is 32.7. The Kier molecular flexibility index (Phi) is 7.18. The Labute approximate surface area is 312 Å². The van der Waals surface area contributed by atoms with Crippen LogP contribution < -0.4 is 20.2 Å². The number of benzene rings is 4. The van der Waals surface area contributed by atoms with Crippen LogP contribution in [0.4, 0.5) is 11.4 Å². The zero-order valence-corrected chi connectivity index (χ0v) is 29.8. The van der Waals surface area contributed by atoms with Crippen LogP contribution in [0.1, 0.15) is 19.3 Å². The van der Waals surface area contributed by atoms with E-state index < -0.39 is 0 Å². The molecule has 1 heterocycles. The summed E-state index contributed by atoms with van der Waals surface area (Å²) in [6.45, 7) is 0. The molecule has 0 aromatic heterocycles. The summed E-state index contributed by atoms with van der Waals surface area (Å²) in [5, 5.41) is 2.69. The van der Waals surface area contributed by atoms with Crippen molar-refractivity contribution in [2.45, 2.75) is 31.3 Å². The van der Waals surface area contributed by atoms with Crippen molar-refractivity contribution in [2.75, 3.05) is 9.80 Å². The largest absolute Gasteiger partial charge is 0.358 e. The summed E-state index contributed by atoms with van der Waals surface area (Å²) in [5.41, 5.74) is 13.2. The van der Waals surface area contributed by atoms with Crippen LogP contribution in [0.25, 0.3) is 22.8 Å². The maximum atomic E-state index is 2.71. The van der Waals surface area contributed by atoms with Crippen molar-refractivity contribution >= 4 is 23.0 Å². The highest BCUT2D eigenvalue weighted by atomic mass is 15.2. The van der Waals surface area contributed by atoms with Crippen molar-refractivity contribution in [3.63, 3.8) is 0 Å². The molecule has 4 aromatic carbocycles. The van der Waals surface area contributed by atoms with Crippen molar-refractivity contribution in [3.8, 4) is 11.1 Å². The molecule has 0 bridgehead atoms. The van der Waals surface area contributed by atoms with Gasteiger partial charge in [-0.2, -0.15) is 0 Å². The summed E-state index contributed by atoms with van der Waals surface area (Å²) >= 11 is 0. The molecule has 6 aliphatic carbocycles. The maximum Gasteiger partial charge on any atom is 0.0568 e. The minimum absolute atomic E-state index is 0.262. The van der Waals surface area contributed by atoms with Gasteiger partial charge in [0.1, 0.15) is 0 Å². The van der Waals surface area contributed by atoms with Gasteiger partial charge in [-0.3, -0.25) is 0 Å². The molecular formula is C51H42N2. The average Bonchev–Trinajstić information content (AvgIpc) is 3.64. The van der Waals surface area contributed by atoms with E-state index >= 15 is 0 Å². The first-order chi connectivity index (χ1) is 26.3. The van der Waals surface area contributed by atoms with Gasteiger partial charge >= 0.3 is 0 Å². The lowest BCUT2D eigenvalue weighted by atomic mass is 9.78. The fourth-order valence-electron chi connectivity index (χ4n) is 10.5. The van der Waals surface area contributed by atoms with E-state index in [0.29, 0.717) is 29.7 Å². The number of hydrogen-bond acceptors (Lipinski definition) is 2. The van der Waals surface area contributed by atoms with Gasteiger partial charge in [0.25, 0.3) is 0 Å². The van der Waals surface area contributed by atoms with Crippen LogP contribution in [0, 0.1) is 23.7 Å². The van der Waals surface area contributed by atoms with Gasteiger partial charge in [-0.05, 0) is 106 Å². The molecule has 2 fully saturated rings.